The standard InChI is InChI=1S/C20H29N3O5/c1-26-9-8-22-19(24)16-11-14(3-6-17(16)27-2)13-23(15-4-5-15)20(25)18-12-21-7-10-28-18/h3,6,11,15,18,21H,4-5,7-10,12-13H2,1-2H3,(H,22,24)/t18-/m1/s1. The molecule has 0 aromatic heterocycles. The minimum absolute atomic E-state index is 0.0108. The Bertz CT molecular complexity index is 686. The lowest BCUT2D eigenvalue weighted by Crippen LogP contribution is -2.49. The van der Waals surface area contributed by atoms with Crippen molar-refractivity contribution in [2.75, 3.05) is 47.1 Å². The van der Waals surface area contributed by atoms with Crippen LogP contribution >= 0.6 is 0 Å². The summed E-state index contributed by atoms with van der Waals surface area (Å²) in [6, 6.07) is 5.71. The lowest BCUT2D eigenvalue weighted by Gasteiger charge is -2.30. The number of hydrogen-bond acceptors (Lipinski definition) is 6. The molecule has 0 radical (unpaired) electrons. The Morgan fingerprint density at radius 3 is 2.79 bits per heavy atom. The number of nitrogens with zero attached hydrogens (tertiary/aromatic N) is 1. The summed E-state index contributed by atoms with van der Waals surface area (Å²) >= 11 is 0. The second-order valence-corrected chi connectivity index (χ2v) is 7.04. The molecule has 0 bridgehead atoms. The van der Waals surface area contributed by atoms with E-state index in [4.69, 9.17) is 14.2 Å². The van der Waals surface area contributed by atoms with Gasteiger partial charge in [-0.05, 0) is 30.5 Å². The van der Waals surface area contributed by atoms with Gasteiger partial charge in [0, 0.05) is 39.3 Å². The van der Waals surface area contributed by atoms with Gasteiger partial charge in [-0.25, -0.2) is 0 Å². The second kappa shape index (κ2) is 9.86. The van der Waals surface area contributed by atoms with E-state index in [1.54, 1.807) is 19.2 Å². The van der Waals surface area contributed by atoms with E-state index >= 15 is 0 Å². The average molecular weight is 391 g/mol. The molecule has 8 heteroatoms. The van der Waals surface area contributed by atoms with Crippen molar-refractivity contribution >= 4 is 11.8 Å². The summed E-state index contributed by atoms with van der Waals surface area (Å²) in [4.78, 5) is 27.3. The van der Waals surface area contributed by atoms with E-state index in [1.165, 1.54) is 7.11 Å². The van der Waals surface area contributed by atoms with Crippen molar-refractivity contribution in [3.8, 4) is 5.75 Å². The van der Waals surface area contributed by atoms with Crippen LogP contribution in [0.3, 0.4) is 0 Å². The number of morpholine rings is 1. The molecule has 2 aliphatic rings. The summed E-state index contributed by atoms with van der Waals surface area (Å²) in [5.74, 6) is 0.291. The van der Waals surface area contributed by atoms with E-state index in [1.807, 2.05) is 11.0 Å². The molecule has 2 amide bonds. The summed E-state index contributed by atoms with van der Waals surface area (Å²) in [5.41, 5.74) is 1.34. The van der Waals surface area contributed by atoms with Gasteiger partial charge in [-0.1, -0.05) is 6.07 Å². The number of carbonyl (C=O) groups excluding carboxylic acids is 2. The number of hydrogen-bond donors (Lipinski definition) is 2. The largest absolute Gasteiger partial charge is 0.496 e. The quantitative estimate of drug-likeness (QED) is 0.598. The van der Waals surface area contributed by atoms with Crippen molar-refractivity contribution < 1.29 is 23.8 Å². The van der Waals surface area contributed by atoms with Gasteiger partial charge >= 0.3 is 0 Å². The highest BCUT2D eigenvalue weighted by atomic mass is 16.5. The lowest BCUT2D eigenvalue weighted by atomic mass is 10.1. The molecule has 1 aromatic rings. The Morgan fingerprint density at radius 1 is 1.32 bits per heavy atom. The van der Waals surface area contributed by atoms with Crippen LogP contribution in [-0.4, -0.2) is 75.9 Å². The Kier molecular flexibility index (Phi) is 7.24. The summed E-state index contributed by atoms with van der Waals surface area (Å²) in [5, 5.41) is 6.02. The Balaban J connectivity index is 1.73. The first-order valence-electron chi connectivity index (χ1n) is 9.71. The van der Waals surface area contributed by atoms with Crippen molar-refractivity contribution in [3.63, 3.8) is 0 Å². The zero-order valence-electron chi connectivity index (χ0n) is 16.5. The molecule has 2 fully saturated rings. The maximum atomic E-state index is 12.9. The van der Waals surface area contributed by atoms with E-state index in [2.05, 4.69) is 10.6 Å². The summed E-state index contributed by atoms with van der Waals surface area (Å²) in [6.07, 6.45) is 1.57. The minimum Gasteiger partial charge on any atom is -0.496 e. The fourth-order valence-electron chi connectivity index (χ4n) is 3.27. The molecule has 154 valence electrons. The highest BCUT2D eigenvalue weighted by Gasteiger charge is 2.37. The summed E-state index contributed by atoms with van der Waals surface area (Å²) in [7, 11) is 3.12. The maximum absolute atomic E-state index is 12.9. The zero-order chi connectivity index (χ0) is 19.9. The first-order chi connectivity index (χ1) is 13.6. The Labute approximate surface area is 165 Å². The first kappa shape index (κ1) is 20.6. The molecule has 8 nitrogen and oxygen atoms in total. The molecule has 1 atom stereocenters. The second-order valence-electron chi connectivity index (χ2n) is 7.04. The summed E-state index contributed by atoms with van der Waals surface area (Å²) < 4.78 is 15.9. The monoisotopic (exact) mass is 391 g/mol. The van der Waals surface area contributed by atoms with E-state index < -0.39 is 6.10 Å². The molecule has 1 aliphatic heterocycles. The first-order valence-corrected chi connectivity index (χ1v) is 9.71. The van der Waals surface area contributed by atoms with Crippen LogP contribution in [-0.2, 0) is 20.8 Å². The van der Waals surface area contributed by atoms with Crippen LogP contribution < -0.4 is 15.4 Å². The van der Waals surface area contributed by atoms with E-state index in [-0.39, 0.29) is 17.9 Å². The molecule has 0 unspecified atom stereocenters. The molecule has 1 heterocycles. The molecular weight excluding hydrogens is 362 g/mol. The number of benzene rings is 1. The van der Waals surface area contributed by atoms with Crippen LogP contribution in [0.5, 0.6) is 5.75 Å². The summed E-state index contributed by atoms with van der Waals surface area (Å²) in [6.45, 7) is 3.16. The number of rotatable bonds is 9. The fourth-order valence-corrected chi connectivity index (χ4v) is 3.27. The van der Waals surface area contributed by atoms with Crippen molar-refractivity contribution in [2.24, 2.45) is 0 Å². The van der Waals surface area contributed by atoms with Crippen LogP contribution in [0.1, 0.15) is 28.8 Å². The molecule has 1 saturated carbocycles. The molecule has 1 aliphatic carbocycles. The fraction of sp³-hybridized carbons (Fsp3) is 0.600. The molecular formula is C20H29N3O5. The molecule has 2 N–H and O–H groups in total. The number of amides is 2. The third-order valence-corrected chi connectivity index (χ3v) is 4.93. The Morgan fingerprint density at radius 2 is 2.14 bits per heavy atom. The van der Waals surface area contributed by atoms with Crippen LogP contribution in [0.25, 0.3) is 0 Å². The topological polar surface area (TPSA) is 89.1 Å². The van der Waals surface area contributed by atoms with Crippen LogP contribution in [0.2, 0.25) is 0 Å². The third-order valence-electron chi connectivity index (χ3n) is 4.93. The van der Waals surface area contributed by atoms with E-state index in [0.29, 0.717) is 44.2 Å². The molecule has 1 aromatic carbocycles. The molecule has 1 saturated heterocycles. The highest BCUT2D eigenvalue weighted by Crippen LogP contribution is 2.30. The van der Waals surface area contributed by atoms with Gasteiger partial charge < -0.3 is 29.7 Å². The van der Waals surface area contributed by atoms with Gasteiger partial charge in [-0.15, -0.1) is 0 Å². The number of methoxy groups -OCH3 is 2. The predicted octanol–water partition coefficient (Wildman–Crippen LogP) is 0.551. The third kappa shape index (κ3) is 5.21. The van der Waals surface area contributed by atoms with Crippen molar-refractivity contribution in [2.45, 2.75) is 31.5 Å². The lowest BCUT2D eigenvalue weighted by molar-refractivity contribution is -0.146. The predicted molar refractivity (Wildman–Crippen MR) is 103 cm³/mol. The zero-order valence-corrected chi connectivity index (χ0v) is 16.5. The SMILES string of the molecule is COCCNC(=O)c1cc(CN(C(=O)[C@H]2CNCCO2)C2CC2)ccc1OC. The van der Waals surface area contributed by atoms with Crippen LogP contribution in [0.4, 0.5) is 0 Å². The minimum atomic E-state index is -0.440. The maximum Gasteiger partial charge on any atom is 0.255 e. The number of ether oxygens (including phenoxy) is 3. The molecule has 28 heavy (non-hydrogen) atoms. The van der Waals surface area contributed by atoms with E-state index in [0.717, 1.165) is 24.9 Å². The van der Waals surface area contributed by atoms with Gasteiger partial charge in [-0.2, -0.15) is 0 Å². The van der Waals surface area contributed by atoms with Gasteiger partial charge in [-0.3, -0.25) is 9.59 Å². The van der Waals surface area contributed by atoms with Crippen molar-refractivity contribution in [3.05, 3.63) is 29.3 Å². The van der Waals surface area contributed by atoms with Gasteiger partial charge in [0.2, 0.25) is 0 Å². The molecule has 3 rings (SSSR count). The van der Waals surface area contributed by atoms with Crippen molar-refractivity contribution in [1.29, 1.82) is 0 Å². The van der Waals surface area contributed by atoms with E-state index in [9.17, 15) is 9.59 Å². The highest BCUT2D eigenvalue weighted by molar-refractivity contribution is 5.97. The van der Waals surface area contributed by atoms with Crippen LogP contribution in [0.15, 0.2) is 18.2 Å². The molecule has 0 spiro atoms. The van der Waals surface area contributed by atoms with Gasteiger partial charge in [0.05, 0.1) is 25.9 Å². The number of carbonyl (C=O) groups is 2. The smallest absolute Gasteiger partial charge is 0.255 e. The Hall–Kier alpha value is -2.16. The van der Waals surface area contributed by atoms with Gasteiger partial charge in [0.25, 0.3) is 11.8 Å². The average Bonchev–Trinajstić information content (AvgIpc) is 3.57. The van der Waals surface area contributed by atoms with Gasteiger partial charge in [0.15, 0.2) is 0 Å². The van der Waals surface area contributed by atoms with Gasteiger partial charge in [0.1, 0.15) is 11.9 Å². The normalized spacial score (nSPS) is 19.1. The van der Waals surface area contributed by atoms with Crippen molar-refractivity contribution in [1.82, 2.24) is 15.5 Å². The van der Waals surface area contributed by atoms with Crippen LogP contribution in [0, 0.1) is 0 Å². The number of nitrogens with one attached hydrogen (secondary N) is 2.